The molecule has 3 aromatic rings. The Morgan fingerprint density at radius 1 is 1.16 bits per heavy atom. The molecule has 1 aromatic carbocycles. The molecule has 2 atom stereocenters. The lowest BCUT2D eigenvalue weighted by Gasteiger charge is -2.39. The Kier molecular flexibility index (Phi) is 7.23. The van der Waals surface area contributed by atoms with Crippen LogP contribution >= 0.6 is 0 Å². The van der Waals surface area contributed by atoms with Crippen LogP contribution in [0.3, 0.4) is 0 Å². The summed E-state index contributed by atoms with van der Waals surface area (Å²) in [6.45, 7) is 1.11. The summed E-state index contributed by atoms with van der Waals surface area (Å²) < 4.78 is 38.9. The zero-order chi connectivity index (χ0) is 22.5. The van der Waals surface area contributed by atoms with Gasteiger partial charge in [-0.1, -0.05) is 18.2 Å². The molecule has 0 unspecified atom stereocenters. The second-order valence-electron chi connectivity index (χ2n) is 7.87. The van der Waals surface area contributed by atoms with Gasteiger partial charge in [-0.05, 0) is 24.6 Å². The minimum Gasteiger partial charge on any atom is -0.368 e. The van der Waals surface area contributed by atoms with Crippen molar-refractivity contribution in [3.63, 3.8) is 0 Å². The fraction of sp³-hybridized carbons (Fsp3) is 0.455. The van der Waals surface area contributed by atoms with E-state index >= 15 is 0 Å². The molecular weight excluding hydrogens is 419 g/mol. The average molecular weight is 448 g/mol. The predicted molar refractivity (Wildman–Crippen MR) is 119 cm³/mol. The average Bonchev–Trinajstić information content (AvgIpc) is 3.15. The lowest BCUT2D eigenvalue weighted by molar-refractivity contribution is 0.0411. The monoisotopic (exact) mass is 447 g/mol. The Balaban J connectivity index is 1.57. The Morgan fingerprint density at radius 3 is 2.75 bits per heavy atom. The minimum absolute atomic E-state index is 0.334. The molecule has 3 heterocycles. The molecule has 10 heteroatoms. The maximum Gasteiger partial charge on any atom is 0.251 e. The zero-order valence-electron chi connectivity index (χ0n) is 17.7. The number of para-hydroxylation sites is 1. The number of nitrogens with one attached hydrogen (secondary N) is 3. The standard InChI is InChI=1S/C22H28F3N7/c23-6-3-7-27-8-9-28-20-12-29-17(11-30-20)22-21-15(10-19(26)32(22)13-18(24)25)14-4-1-2-5-16(14)31-21/h1-2,4-5,11-12,18-19,22,27,31H,3,6-10,13,26H2,(H,28,30)/t19-,22+/m0/s1. The first kappa shape index (κ1) is 22.5. The lowest BCUT2D eigenvalue weighted by atomic mass is 9.93. The fourth-order valence-corrected chi connectivity index (χ4v) is 4.24. The summed E-state index contributed by atoms with van der Waals surface area (Å²) in [7, 11) is 0. The van der Waals surface area contributed by atoms with Gasteiger partial charge < -0.3 is 21.4 Å². The van der Waals surface area contributed by atoms with Gasteiger partial charge in [0.2, 0.25) is 0 Å². The number of aromatic amines is 1. The SMILES string of the molecule is N[C@@H]1Cc2c([nH]c3ccccc23)[C@@H](c2cnc(NCCNCCCF)cn2)N1CC(F)F. The van der Waals surface area contributed by atoms with Gasteiger partial charge in [0, 0.05) is 36.1 Å². The Morgan fingerprint density at radius 2 is 2.00 bits per heavy atom. The maximum absolute atomic E-state index is 13.4. The summed E-state index contributed by atoms with van der Waals surface area (Å²) in [6.07, 6.45) is 1.09. The number of hydrogen-bond acceptors (Lipinski definition) is 6. The maximum atomic E-state index is 13.4. The molecule has 5 N–H and O–H groups in total. The fourth-order valence-electron chi connectivity index (χ4n) is 4.24. The lowest BCUT2D eigenvalue weighted by Crippen LogP contribution is -2.51. The molecule has 1 aliphatic heterocycles. The predicted octanol–water partition coefficient (Wildman–Crippen LogP) is 2.82. The molecule has 0 radical (unpaired) electrons. The van der Waals surface area contributed by atoms with Crippen LogP contribution in [0.1, 0.15) is 29.4 Å². The summed E-state index contributed by atoms with van der Waals surface area (Å²) in [5.74, 6) is 0.582. The van der Waals surface area contributed by atoms with Crippen LogP contribution in [0.2, 0.25) is 0 Å². The van der Waals surface area contributed by atoms with E-state index in [2.05, 4.69) is 25.6 Å². The molecule has 0 saturated heterocycles. The van der Waals surface area contributed by atoms with Gasteiger partial charge in [0.1, 0.15) is 5.82 Å². The molecule has 0 aliphatic carbocycles. The number of alkyl halides is 3. The largest absolute Gasteiger partial charge is 0.368 e. The number of nitrogens with zero attached hydrogens (tertiary/aromatic N) is 3. The molecule has 32 heavy (non-hydrogen) atoms. The normalized spacial score (nSPS) is 18.9. The third-order valence-corrected chi connectivity index (χ3v) is 5.69. The van der Waals surface area contributed by atoms with E-state index in [0.717, 1.165) is 22.2 Å². The van der Waals surface area contributed by atoms with Crippen molar-refractivity contribution in [3.05, 3.63) is 53.6 Å². The molecule has 2 aromatic heterocycles. The van der Waals surface area contributed by atoms with Crippen LogP contribution in [0.5, 0.6) is 0 Å². The highest BCUT2D eigenvalue weighted by atomic mass is 19.3. The van der Waals surface area contributed by atoms with Crippen LogP contribution in [0, 0.1) is 0 Å². The molecule has 7 nitrogen and oxygen atoms in total. The van der Waals surface area contributed by atoms with Crippen LogP contribution in [0.25, 0.3) is 10.9 Å². The summed E-state index contributed by atoms with van der Waals surface area (Å²) in [5, 5.41) is 7.32. The van der Waals surface area contributed by atoms with E-state index < -0.39 is 25.2 Å². The van der Waals surface area contributed by atoms with Crippen molar-refractivity contribution in [2.45, 2.75) is 31.5 Å². The van der Waals surface area contributed by atoms with Crippen molar-refractivity contribution < 1.29 is 13.2 Å². The van der Waals surface area contributed by atoms with E-state index in [0.29, 0.717) is 44.0 Å². The van der Waals surface area contributed by atoms with E-state index in [1.54, 1.807) is 17.3 Å². The molecule has 0 fully saturated rings. The topological polar surface area (TPSA) is 94.9 Å². The van der Waals surface area contributed by atoms with Crippen LogP contribution in [-0.4, -0.2) is 65.3 Å². The van der Waals surface area contributed by atoms with E-state index in [-0.39, 0.29) is 6.67 Å². The van der Waals surface area contributed by atoms with Gasteiger partial charge in [-0.3, -0.25) is 14.3 Å². The molecule has 0 amide bonds. The van der Waals surface area contributed by atoms with Crippen LogP contribution in [0.15, 0.2) is 36.7 Å². The summed E-state index contributed by atoms with van der Waals surface area (Å²) >= 11 is 0. The number of rotatable bonds is 10. The second-order valence-corrected chi connectivity index (χ2v) is 7.87. The van der Waals surface area contributed by atoms with Crippen molar-refractivity contribution in [1.82, 2.24) is 25.2 Å². The Bertz CT molecular complexity index is 1010. The molecule has 0 bridgehead atoms. The van der Waals surface area contributed by atoms with Crippen molar-refractivity contribution in [2.75, 3.05) is 38.2 Å². The number of anilines is 1. The quantitative estimate of drug-likeness (QED) is 0.357. The molecule has 172 valence electrons. The van der Waals surface area contributed by atoms with Gasteiger partial charge in [0.15, 0.2) is 0 Å². The third kappa shape index (κ3) is 4.87. The first-order chi connectivity index (χ1) is 15.6. The van der Waals surface area contributed by atoms with E-state index in [4.69, 9.17) is 5.73 Å². The highest BCUT2D eigenvalue weighted by Gasteiger charge is 2.38. The molecule has 0 spiro atoms. The van der Waals surface area contributed by atoms with Gasteiger partial charge in [-0.25, -0.2) is 13.8 Å². The van der Waals surface area contributed by atoms with Gasteiger partial charge in [-0.2, -0.15) is 0 Å². The first-order valence-corrected chi connectivity index (χ1v) is 10.8. The second kappa shape index (κ2) is 10.3. The Labute approximate surface area is 184 Å². The summed E-state index contributed by atoms with van der Waals surface area (Å²) in [5.41, 5.74) is 9.72. The number of fused-ring (bicyclic) bond motifs is 3. The van der Waals surface area contributed by atoms with Crippen LogP contribution < -0.4 is 16.4 Å². The molecule has 0 saturated carbocycles. The van der Waals surface area contributed by atoms with Crippen molar-refractivity contribution >= 4 is 16.7 Å². The number of aromatic nitrogens is 3. The van der Waals surface area contributed by atoms with Gasteiger partial charge in [0.05, 0.1) is 43.5 Å². The first-order valence-electron chi connectivity index (χ1n) is 10.8. The van der Waals surface area contributed by atoms with Crippen LogP contribution in [0.4, 0.5) is 19.0 Å². The molecule has 1 aliphatic rings. The van der Waals surface area contributed by atoms with Crippen molar-refractivity contribution in [2.24, 2.45) is 5.73 Å². The third-order valence-electron chi connectivity index (χ3n) is 5.69. The van der Waals surface area contributed by atoms with E-state index in [1.165, 1.54) is 0 Å². The molecular formula is C22H28F3N7. The highest BCUT2D eigenvalue weighted by molar-refractivity contribution is 5.85. The number of hydrogen-bond donors (Lipinski definition) is 4. The smallest absolute Gasteiger partial charge is 0.251 e. The van der Waals surface area contributed by atoms with Crippen molar-refractivity contribution in [1.29, 1.82) is 0 Å². The van der Waals surface area contributed by atoms with Gasteiger partial charge >= 0.3 is 0 Å². The van der Waals surface area contributed by atoms with E-state index in [1.807, 2.05) is 24.3 Å². The number of halogens is 3. The number of benzene rings is 1. The highest BCUT2D eigenvalue weighted by Crippen LogP contribution is 2.39. The summed E-state index contributed by atoms with van der Waals surface area (Å²) in [6, 6.07) is 7.32. The number of nitrogens with two attached hydrogens (primary N) is 1. The van der Waals surface area contributed by atoms with E-state index in [9.17, 15) is 13.2 Å². The number of H-pyrrole nitrogens is 1. The van der Waals surface area contributed by atoms with Gasteiger partial charge in [0.25, 0.3) is 6.43 Å². The minimum atomic E-state index is -2.52. The van der Waals surface area contributed by atoms with Crippen molar-refractivity contribution in [3.8, 4) is 0 Å². The van der Waals surface area contributed by atoms with Gasteiger partial charge in [-0.15, -0.1) is 0 Å². The molecule has 4 rings (SSSR count). The Hall–Kier alpha value is -2.69. The zero-order valence-corrected chi connectivity index (χ0v) is 17.7. The summed E-state index contributed by atoms with van der Waals surface area (Å²) in [4.78, 5) is 14.0. The van der Waals surface area contributed by atoms with Crippen LogP contribution in [-0.2, 0) is 6.42 Å².